The van der Waals surface area contributed by atoms with Crippen LogP contribution in [0, 0.1) is 5.92 Å². The second-order valence-electron chi connectivity index (χ2n) is 6.99. The van der Waals surface area contributed by atoms with Crippen LogP contribution >= 0.6 is 0 Å². The molecule has 2 rings (SSSR count). The highest BCUT2D eigenvalue weighted by Gasteiger charge is 2.20. The lowest BCUT2D eigenvalue weighted by Gasteiger charge is -2.27. The SMILES string of the molecule is C=CC.CC(=O)OCCCc1cc(C2CCC(C)CC2)ccc1CO. The Hall–Kier alpha value is -1.61. The van der Waals surface area contributed by atoms with Crippen molar-refractivity contribution in [3.63, 3.8) is 0 Å². The first kappa shape index (κ1) is 21.4. The maximum atomic E-state index is 10.8. The molecule has 140 valence electrons. The van der Waals surface area contributed by atoms with Gasteiger partial charge in [0.25, 0.3) is 0 Å². The van der Waals surface area contributed by atoms with Gasteiger partial charge in [-0.1, -0.05) is 44.0 Å². The van der Waals surface area contributed by atoms with Gasteiger partial charge in [0, 0.05) is 6.92 Å². The number of carbonyl (C=O) groups excluding carboxylic acids is 1. The average Bonchev–Trinajstić information content (AvgIpc) is 2.60. The standard InChI is InChI=1S/C19H28O3.C3H6/c1-14-5-7-16(8-6-14)18-9-10-19(13-20)17(12-18)4-3-11-22-15(2)21;1-3-2/h9-10,12,14,16,20H,3-8,11,13H2,1-2H3;3H,1H2,2H3. The minimum atomic E-state index is -0.229. The van der Waals surface area contributed by atoms with Crippen LogP contribution in [0.4, 0.5) is 0 Å². The Balaban J connectivity index is 0.000000970. The number of aliphatic hydroxyl groups is 1. The maximum Gasteiger partial charge on any atom is 0.302 e. The van der Waals surface area contributed by atoms with Crippen molar-refractivity contribution in [1.29, 1.82) is 0 Å². The molecule has 0 unspecified atom stereocenters. The predicted molar refractivity (Wildman–Crippen MR) is 104 cm³/mol. The summed E-state index contributed by atoms with van der Waals surface area (Å²) < 4.78 is 4.99. The number of esters is 1. The second kappa shape index (κ2) is 11.9. The number of hydrogen-bond donors (Lipinski definition) is 1. The Kier molecular flexibility index (Phi) is 10.2. The first-order valence-electron chi connectivity index (χ1n) is 9.44. The Morgan fingerprint density at radius 3 is 2.48 bits per heavy atom. The third kappa shape index (κ3) is 7.87. The molecule has 0 aliphatic heterocycles. The third-order valence-corrected chi connectivity index (χ3v) is 4.78. The van der Waals surface area contributed by atoms with E-state index in [4.69, 9.17) is 4.74 Å². The van der Waals surface area contributed by atoms with Crippen molar-refractivity contribution in [3.8, 4) is 0 Å². The highest BCUT2D eigenvalue weighted by atomic mass is 16.5. The average molecular weight is 347 g/mol. The van der Waals surface area contributed by atoms with Crippen LogP contribution in [0.2, 0.25) is 0 Å². The molecule has 1 aliphatic rings. The quantitative estimate of drug-likeness (QED) is 0.439. The number of allylic oxidation sites excluding steroid dienone is 1. The summed E-state index contributed by atoms with van der Waals surface area (Å²) in [5.74, 6) is 1.29. The fourth-order valence-electron chi connectivity index (χ4n) is 3.36. The van der Waals surface area contributed by atoms with Crippen LogP contribution in [0.5, 0.6) is 0 Å². The zero-order valence-corrected chi connectivity index (χ0v) is 16.1. The molecule has 1 saturated carbocycles. The molecule has 0 saturated heterocycles. The number of aryl methyl sites for hydroxylation is 1. The van der Waals surface area contributed by atoms with E-state index < -0.39 is 0 Å². The van der Waals surface area contributed by atoms with Crippen molar-refractivity contribution < 1.29 is 14.6 Å². The summed E-state index contributed by atoms with van der Waals surface area (Å²) in [6.45, 7) is 9.55. The molecule has 3 nitrogen and oxygen atoms in total. The molecule has 1 aromatic carbocycles. The maximum absolute atomic E-state index is 10.8. The van der Waals surface area contributed by atoms with Crippen LogP contribution in [0.25, 0.3) is 0 Å². The van der Waals surface area contributed by atoms with E-state index >= 15 is 0 Å². The molecule has 0 heterocycles. The van der Waals surface area contributed by atoms with E-state index in [2.05, 4.69) is 31.7 Å². The van der Waals surface area contributed by atoms with Crippen LogP contribution < -0.4 is 0 Å². The zero-order chi connectivity index (χ0) is 18.7. The van der Waals surface area contributed by atoms with Crippen molar-refractivity contribution in [2.45, 2.75) is 71.8 Å². The smallest absolute Gasteiger partial charge is 0.302 e. The van der Waals surface area contributed by atoms with Crippen molar-refractivity contribution in [2.75, 3.05) is 6.61 Å². The predicted octanol–water partition coefficient (Wildman–Crippen LogP) is 5.16. The Morgan fingerprint density at radius 1 is 1.28 bits per heavy atom. The van der Waals surface area contributed by atoms with Gasteiger partial charge in [-0.05, 0) is 61.1 Å². The number of carbonyl (C=O) groups is 1. The molecule has 0 radical (unpaired) electrons. The van der Waals surface area contributed by atoms with Gasteiger partial charge < -0.3 is 9.84 Å². The number of ether oxygens (including phenoxy) is 1. The Bertz CT molecular complexity index is 528. The van der Waals surface area contributed by atoms with Crippen LogP contribution in [-0.4, -0.2) is 17.7 Å². The monoisotopic (exact) mass is 346 g/mol. The molecule has 0 bridgehead atoms. The summed E-state index contributed by atoms with van der Waals surface area (Å²) >= 11 is 0. The van der Waals surface area contributed by atoms with Gasteiger partial charge in [0.15, 0.2) is 0 Å². The Labute approximate surface area is 153 Å². The summed E-state index contributed by atoms with van der Waals surface area (Å²) in [7, 11) is 0. The van der Waals surface area contributed by atoms with E-state index in [-0.39, 0.29) is 12.6 Å². The lowest BCUT2D eigenvalue weighted by atomic mass is 9.79. The first-order chi connectivity index (χ1) is 12.0. The van der Waals surface area contributed by atoms with Crippen molar-refractivity contribution in [3.05, 3.63) is 47.5 Å². The zero-order valence-electron chi connectivity index (χ0n) is 16.1. The van der Waals surface area contributed by atoms with Gasteiger partial charge in [-0.25, -0.2) is 0 Å². The topological polar surface area (TPSA) is 46.5 Å². The van der Waals surface area contributed by atoms with Gasteiger partial charge in [-0.3, -0.25) is 4.79 Å². The fraction of sp³-hybridized carbons (Fsp3) is 0.591. The normalized spacial score (nSPS) is 19.5. The van der Waals surface area contributed by atoms with E-state index in [1.54, 1.807) is 6.08 Å². The van der Waals surface area contributed by atoms with E-state index in [9.17, 15) is 9.90 Å². The number of benzene rings is 1. The van der Waals surface area contributed by atoms with Gasteiger partial charge in [0.05, 0.1) is 13.2 Å². The van der Waals surface area contributed by atoms with Gasteiger partial charge in [0.1, 0.15) is 0 Å². The van der Waals surface area contributed by atoms with Crippen LogP contribution in [0.3, 0.4) is 0 Å². The van der Waals surface area contributed by atoms with Gasteiger partial charge in [0.2, 0.25) is 0 Å². The highest BCUT2D eigenvalue weighted by molar-refractivity contribution is 5.65. The molecule has 0 aromatic heterocycles. The molecule has 1 aromatic rings. The summed E-state index contributed by atoms with van der Waals surface area (Å²) in [4.78, 5) is 10.8. The summed E-state index contributed by atoms with van der Waals surface area (Å²) in [6.07, 6.45) is 8.57. The molecule has 1 aliphatic carbocycles. The van der Waals surface area contributed by atoms with E-state index in [0.29, 0.717) is 12.5 Å². The van der Waals surface area contributed by atoms with Gasteiger partial charge in [-0.2, -0.15) is 0 Å². The first-order valence-corrected chi connectivity index (χ1v) is 9.44. The van der Waals surface area contributed by atoms with Crippen molar-refractivity contribution >= 4 is 5.97 Å². The summed E-state index contributed by atoms with van der Waals surface area (Å²) in [5, 5.41) is 9.51. The molecule has 0 spiro atoms. The minimum Gasteiger partial charge on any atom is -0.466 e. The van der Waals surface area contributed by atoms with E-state index in [0.717, 1.165) is 24.3 Å². The lowest BCUT2D eigenvalue weighted by molar-refractivity contribution is -0.141. The fourth-order valence-corrected chi connectivity index (χ4v) is 3.36. The van der Waals surface area contributed by atoms with Crippen LogP contribution in [0.15, 0.2) is 30.9 Å². The lowest BCUT2D eigenvalue weighted by Crippen LogP contribution is -2.11. The van der Waals surface area contributed by atoms with Crippen molar-refractivity contribution in [2.24, 2.45) is 5.92 Å². The second-order valence-corrected chi connectivity index (χ2v) is 6.99. The molecule has 3 heteroatoms. The third-order valence-electron chi connectivity index (χ3n) is 4.78. The van der Waals surface area contributed by atoms with Crippen LogP contribution in [0.1, 0.15) is 75.5 Å². The molecular formula is C22H34O3. The molecular weight excluding hydrogens is 312 g/mol. The van der Waals surface area contributed by atoms with Crippen molar-refractivity contribution in [1.82, 2.24) is 0 Å². The largest absolute Gasteiger partial charge is 0.466 e. The molecule has 1 fully saturated rings. The number of rotatable bonds is 6. The molecule has 1 N–H and O–H groups in total. The Morgan fingerprint density at radius 2 is 1.92 bits per heavy atom. The molecule has 25 heavy (non-hydrogen) atoms. The summed E-state index contributed by atoms with van der Waals surface area (Å²) in [6, 6.07) is 6.51. The van der Waals surface area contributed by atoms with Gasteiger partial charge in [-0.15, -0.1) is 6.58 Å². The highest BCUT2D eigenvalue weighted by Crippen LogP contribution is 2.36. The van der Waals surface area contributed by atoms with Gasteiger partial charge >= 0.3 is 5.97 Å². The summed E-state index contributed by atoms with van der Waals surface area (Å²) in [5.41, 5.74) is 3.60. The van der Waals surface area contributed by atoms with E-state index in [1.807, 2.05) is 6.92 Å². The van der Waals surface area contributed by atoms with Crippen LogP contribution in [-0.2, 0) is 22.6 Å². The molecule has 0 amide bonds. The molecule has 0 atom stereocenters. The number of hydrogen-bond acceptors (Lipinski definition) is 3. The number of aliphatic hydroxyl groups excluding tert-OH is 1. The van der Waals surface area contributed by atoms with E-state index in [1.165, 1.54) is 43.7 Å². The minimum absolute atomic E-state index is 0.0743.